The van der Waals surface area contributed by atoms with Crippen molar-refractivity contribution in [3.63, 3.8) is 0 Å². The van der Waals surface area contributed by atoms with Crippen LogP contribution in [0.3, 0.4) is 0 Å². The molecule has 3 N–H and O–H groups in total. The summed E-state index contributed by atoms with van der Waals surface area (Å²) in [7, 11) is 0. The van der Waals surface area contributed by atoms with Crippen molar-refractivity contribution in [1.29, 1.82) is 0 Å². The molecule has 0 saturated heterocycles. The Labute approximate surface area is 106 Å². The highest BCUT2D eigenvalue weighted by molar-refractivity contribution is 5.96. The molecule has 0 bridgehead atoms. The number of pyridine rings is 1. The van der Waals surface area contributed by atoms with E-state index in [1.165, 1.54) is 6.20 Å². The van der Waals surface area contributed by atoms with E-state index in [0.29, 0.717) is 24.8 Å². The first-order chi connectivity index (χ1) is 8.65. The molecule has 0 saturated carbocycles. The lowest BCUT2D eigenvalue weighted by atomic mass is 10.1. The van der Waals surface area contributed by atoms with E-state index in [9.17, 15) is 9.59 Å². The van der Waals surface area contributed by atoms with Gasteiger partial charge in [0.25, 0.3) is 5.91 Å². The van der Waals surface area contributed by atoms with Gasteiger partial charge in [0.05, 0.1) is 5.56 Å². The van der Waals surface area contributed by atoms with Crippen LogP contribution < -0.4 is 11.1 Å². The maximum Gasteiger partial charge on any atom is 0.253 e. The molecular formula is C13H15N3O2. The number of nitrogens with one attached hydrogen (secondary N) is 1. The van der Waals surface area contributed by atoms with Gasteiger partial charge in [-0.1, -0.05) is 0 Å². The first-order valence-corrected chi connectivity index (χ1v) is 5.59. The monoisotopic (exact) mass is 245 g/mol. The van der Waals surface area contributed by atoms with Crippen LogP contribution in [0.1, 0.15) is 29.6 Å². The smallest absolute Gasteiger partial charge is 0.253 e. The fourth-order valence-corrected chi connectivity index (χ4v) is 1.43. The quantitative estimate of drug-likeness (QED) is 0.564. The number of hydrogen-bond acceptors (Lipinski definition) is 3. The molecule has 0 fully saturated rings. The molecule has 0 aliphatic heterocycles. The van der Waals surface area contributed by atoms with E-state index in [0.717, 1.165) is 0 Å². The molecular weight excluding hydrogens is 230 g/mol. The Morgan fingerprint density at radius 3 is 2.89 bits per heavy atom. The van der Waals surface area contributed by atoms with E-state index in [4.69, 9.17) is 12.2 Å². The summed E-state index contributed by atoms with van der Waals surface area (Å²) in [5.74, 6) is 1.54. The summed E-state index contributed by atoms with van der Waals surface area (Å²) in [6.07, 6.45) is 9.73. The van der Waals surface area contributed by atoms with Gasteiger partial charge in [-0.05, 0) is 25.0 Å². The van der Waals surface area contributed by atoms with Crippen LogP contribution in [-0.2, 0) is 4.79 Å². The molecule has 0 radical (unpaired) electrons. The van der Waals surface area contributed by atoms with Crippen molar-refractivity contribution in [1.82, 2.24) is 10.3 Å². The van der Waals surface area contributed by atoms with Crippen LogP contribution >= 0.6 is 0 Å². The second kappa shape index (κ2) is 7.07. The number of carbonyl (C=O) groups is 2. The Balaban J connectivity index is 2.59. The van der Waals surface area contributed by atoms with Gasteiger partial charge < -0.3 is 11.1 Å². The summed E-state index contributed by atoms with van der Waals surface area (Å²) in [4.78, 5) is 26.8. The van der Waals surface area contributed by atoms with Crippen LogP contribution in [-0.4, -0.2) is 22.8 Å². The summed E-state index contributed by atoms with van der Waals surface area (Å²) >= 11 is 0. The van der Waals surface area contributed by atoms with Crippen LogP contribution in [0.5, 0.6) is 0 Å². The highest BCUT2D eigenvalue weighted by Gasteiger charge is 2.18. The number of rotatable bonds is 6. The largest absolute Gasteiger partial charge is 0.368 e. The van der Waals surface area contributed by atoms with Crippen LogP contribution in [0, 0.1) is 12.3 Å². The van der Waals surface area contributed by atoms with E-state index in [-0.39, 0.29) is 5.91 Å². The summed E-state index contributed by atoms with van der Waals surface area (Å²) in [5, 5.41) is 2.57. The van der Waals surface area contributed by atoms with Crippen LogP contribution in [0.25, 0.3) is 0 Å². The number of unbranched alkanes of at least 4 members (excludes halogenated alkanes) is 1. The topological polar surface area (TPSA) is 85.1 Å². The molecule has 0 aliphatic rings. The van der Waals surface area contributed by atoms with Crippen molar-refractivity contribution in [2.75, 3.05) is 0 Å². The zero-order valence-electron chi connectivity index (χ0n) is 9.93. The zero-order valence-corrected chi connectivity index (χ0v) is 9.93. The molecule has 1 aromatic heterocycles. The van der Waals surface area contributed by atoms with Crippen molar-refractivity contribution >= 4 is 11.8 Å². The number of carbonyl (C=O) groups excluding carboxylic acids is 2. The van der Waals surface area contributed by atoms with Crippen LogP contribution in [0.4, 0.5) is 0 Å². The highest BCUT2D eigenvalue weighted by Crippen LogP contribution is 2.02. The van der Waals surface area contributed by atoms with Gasteiger partial charge in [0, 0.05) is 18.8 Å². The molecule has 1 rings (SSSR count). The van der Waals surface area contributed by atoms with Crippen LogP contribution in [0.15, 0.2) is 24.5 Å². The average molecular weight is 245 g/mol. The van der Waals surface area contributed by atoms with Gasteiger partial charge in [-0.25, -0.2) is 0 Å². The van der Waals surface area contributed by atoms with Gasteiger partial charge in [-0.2, -0.15) is 0 Å². The number of primary amides is 1. The van der Waals surface area contributed by atoms with Gasteiger partial charge >= 0.3 is 0 Å². The molecule has 0 aliphatic carbocycles. The first kappa shape index (κ1) is 13.7. The molecule has 94 valence electrons. The first-order valence-electron chi connectivity index (χ1n) is 5.59. The predicted octanol–water partition coefficient (Wildman–Crippen LogP) is 0.469. The van der Waals surface area contributed by atoms with E-state index in [1.54, 1.807) is 18.3 Å². The maximum absolute atomic E-state index is 11.8. The molecule has 0 aromatic carbocycles. The fourth-order valence-electron chi connectivity index (χ4n) is 1.43. The maximum atomic E-state index is 11.8. The molecule has 5 nitrogen and oxygen atoms in total. The second-order valence-electron chi connectivity index (χ2n) is 3.77. The number of amides is 2. The van der Waals surface area contributed by atoms with Crippen molar-refractivity contribution < 1.29 is 9.59 Å². The standard InChI is InChI=1S/C13H15N3O2/c1-2-3-4-7-11(12(14)17)16-13(18)10-6-5-8-15-9-10/h1,5-6,8-9,11H,3-4,7H2,(H2,14,17)(H,16,18)/t11-/m0/s1. The molecule has 18 heavy (non-hydrogen) atoms. The van der Waals surface area contributed by atoms with Gasteiger partial charge in [0.2, 0.25) is 5.91 Å². The van der Waals surface area contributed by atoms with E-state index in [2.05, 4.69) is 16.2 Å². The number of nitrogens with zero attached hydrogens (tertiary/aromatic N) is 1. The molecule has 1 atom stereocenters. The van der Waals surface area contributed by atoms with Crippen molar-refractivity contribution in [3.8, 4) is 12.3 Å². The zero-order chi connectivity index (χ0) is 13.4. The van der Waals surface area contributed by atoms with Crippen molar-refractivity contribution in [3.05, 3.63) is 30.1 Å². The molecule has 2 amide bonds. The third-order valence-corrected chi connectivity index (χ3v) is 2.39. The highest BCUT2D eigenvalue weighted by atomic mass is 16.2. The lowest BCUT2D eigenvalue weighted by molar-refractivity contribution is -0.120. The normalized spacial score (nSPS) is 11.3. The Morgan fingerprint density at radius 2 is 2.33 bits per heavy atom. The number of hydrogen-bond donors (Lipinski definition) is 2. The van der Waals surface area contributed by atoms with E-state index >= 15 is 0 Å². The number of terminal acetylenes is 1. The van der Waals surface area contributed by atoms with Crippen molar-refractivity contribution in [2.24, 2.45) is 5.73 Å². The molecule has 0 spiro atoms. The molecule has 5 heteroatoms. The Bertz CT molecular complexity index is 451. The Kier molecular flexibility index (Phi) is 5.39. The minimum absolute atomic E-state index is 0.368. The lowest BCUT2D eigenvalue weighted by Gasteiger charge is -2.14. The second-order valence-corrected chi connectivity index (χ2v) is 3.77. The van der Waals surface area contributed by atoms with Gasteiger partial charge in [0.1, 0.15) is 6.04 Å². The minimum atomic E-state index is -0.703. The van der Waals surface area contributed by atoms with Crippen molar-refractivity contribution in [2.45, 2.75) is 25.3 Å². The summed E-state index contributed by atoms with van der Waals surface area (Å²) < 4.78 is 0. The minimum Gasteiger partial charge on any atom is -0.368 e. The average Bonchev–Trinajstić information content (AvgIpc) is 2.38. The fraction of sp³-hybridized carbons (Fsp3) is 0.308. The molecule has 1 aromatic rings. The van der Waals surface area contributed by atoms with Gasteiger partial charge in [0.15, 0.2) is 0 Å². The SMILES string of the molecule is C#CCCC[C@H](NC(=O)c1cccnc1)C(N)=O. The van der Waals surface area contributed by atoms with Gasteiger partial charge in [-0.3, -0.25) is 14.6 Å². The summed E-state index contributed by atoms with van der Waals surface area (Å²) in [6.45, 7) is 0. The number of aromatic nitrogens is 1. The predicted molar refractivity (Wildman–Crippen MR) is 67.4 cm³/mol. The Hall–Kier alpha value is -2.35. The summed E-state index contributed by atoms with van der Waals surface area (Å²) in [6, 6.07) is 2.56. The summed E-state index contributed by atoms with van der Waals surface area (Å²) in [5.41, 5.74) is 5.61. The Morgan fingerprint density at radius 1 is 1.56 bits per heavy atom. The molecule has 0 unspecified atom stereocenters. The number of nitrogens with two attached hydrogens (primary N) is 1. The third kappa shape index (κ3) is 4.26. The van der Waals surface area contributed by atoms with Gasteiger partial charge in [-0.15, -0.1) is 12.3 Å². The molecule has 1 heterocycles. The lowest BCUT2D eigenvalue weighted by Crippen LogP contribution is -2.44. The van der Waals surface area contributed by atoms with E-state index in [1.807, 2.05) is 0 Å². The van der Waals surface area contributed by atoms with E-state index < -0.39 is 11.9 Å². The third-order valence-electron chi connectivity index (χ3n) is 2.39. The van der Waals surface area contributed by atoms with Crippen LogP contribution in [0.2, 0.25) is 0 Å².